The van der Waals surface area contributed by atoms with Gasteiger partial charge in [-0.05, 0) is 32.0 Å². The highest BCUT2D eigenvalue weighted by Crippen LogP contribution is 2.41. The number of anilines is 1. The fourth-order valence-electron chi connectivity index (χ4n) is 2.98. The van der Waals surface area contributed by atoms with Crippen molar-refractivity contribution in [2.45, 2.75) is 18.7 Å². The van der Waals surface area contributed by atoms with Crippen molar-refractivity contribution in [3.05, 3.63) is 48.7 Å². The highest BCUT2D eigenvalue weighted by atomic mass is 32.2. The predicted molar refractivity (Wildman–Crippen MR) is 112 cm³/mol. The highest BCUT2D eigenvalue weighted by Gasteiger charge is 2.19. The van der Waals surface area contributed by atoms with Crippen LogP contribution in [-0.2, 0) is 4.33 Å². The predicted octanol–water partition coefficient (Wildman–Crippen LogP) is 5.12. The SMILES string of the molecule is CCN(CC)c1c(OOSc2ccccc2)cnc2cc(OC)c(OC)cc12. The molecule has 28 heavy (non-hydrogen) atoms. The van der Waals surface area contributed by atoms with E-state index in [0.29, 0.717) is 17.2 Å². The molecule has 2 aromatic carbocycles. The van der Waals surface area contributed by atoms with Crippen LogP contribution in [0.2, 0.25) is 0 Å². The molecule has 3 aromatic rings. The molecule has 1 aromatic heterocycles. The average molecular weight is 401 g/mol. The molecule has 0 bridgehead atoms. The molecule has 7 heteroatoms. The quantitative estimate of drug-likeness (QED) is 0.281. The van der Waals surface area contributed by atoms with Gasteiger partial charge in [-0.1, -0.05) is 18.2 Å². The molecule has 0 radical (unpaired) electrons. The van der Waals surface area contributed by atoms with Crippen molar-refractivity contribution in [3.8, 4) is 17.2 Å². The summed E-state index contributed by atoms with van der Waals surface area (Å²) in [6.07, 6.45) is 1.67. The second kappa shape index (κ2) is 9.52. The summed E-state index contributed by atoms with van der Waals surface area (Å²) in [5.41, 5.74) is 1.70. The van der Waals surface area contributed by atoms with Gasteiger partial charge in [0.1, 0.15) is 0 Å². The molecule has 0 atom stereocenters. The fraction of sp³-hybridized carbons (Fsp3) is 0.286. The fourth-order valence-corrected chi connectivity index (χ4v) is 3.44. The first-order valence-corrected chi connectivity index (χ1v) is 9.81. The average Bonchev–Trinajstić information content (AvgIpc) is 2.75. The maximum atomic E-state index is 5.65. The number of hydrogen-bond acceptors (Lipinski definition) is 7. The summed E-state index contributed by atoms with van der Waals surface area (Å²) >= 11 is 1.16. The number of nitrogens with zero attached hydrogens (tertiary/aromatic N) is 2. The lowest BCUT2D eigenvalue weighted by Crippen LogP contribution is -2.23. The van der Waals surface area contributed by atoms with Crippen molar-refractivity contribution in [1.29, 1.82) is 0 Å². The molecule has 0 saturated heterocycles. The number of aromatic nitrogens is 1. The third kappa shape index (κ3) is 4.26. The van der Waals surface area contributed by atoms with Crippen LogP contribution < -0.4 is 19.3 Å². The number of pyridine rings is 1. The van der Waals surface area contributed by atoms with E-state index in [1.807, 2.05) is 42.5 Å². The molecule has 0 amide bonds. The third-order valence-electron chi connectivity index (χ3n) is 4.39. The zero-order chi connectivity index (χ0) is 19.9. The molecule has 0 saturated carbocycles. The van der Waals surface area contributed by atoms with Gasteiger partial charge in [-0.15, -0.1) is 4.33 Å². The number of benzene rings is 2. The maximum absolute atomic E-state index is 5.65. The third-order valence-corrected chi connectivity index (χ3v) is 4.99. The molecule has 1 heterocycles. The van der Waals surface area contributed by atoms with Crippen LogP contribution in [0.1, 0.15) is 13.8 Å². The van der Waals surface area contributed by atoms with E-state index in [-0.39, 0.29) is 0 Å². The number of ether oxygens (including phenoxy) is 2. The Kier molecular flexibility index (Phi) is 6.84. The lowest BCUT2D eigenvalue weighted by molar-refractivity contribution is -0.0773. The van der Waals surface area contributed by atoms with Crippen molar-refractivity contribution in [1.82, 2.24) is 4.98 Å². The maximum Gasteiger partial charge on any atom is 0.208 e. The van der Waals surface area contributed by atoms with Crippen LogP contribution >= 0.6 is 12.0 Å². The Morgan fingerprint density at radius 3 is 2.25 bits per heavy atom. The van der Waals surface area contributed by atoms with E-state index in [1.54, 1.807) is 20.4 Å². The summed E-state index contributed by atoms with van der Waals surface area (Å²) in [4.78, 5) is 13.3. The number of rotatable bonds is 9. The normalized spacial score (nSPS) is 10.7. The topological polar surface area (TPSA) is 53.1 Å². The molecule has 6 nitrogen and oxygen atoms in total. The first-order chi connectivity index (χ1) is 13.7. The Hall–Kier alpha value is -2.64. The van der Waals surface area contributed by atoms with Gasteiger partial charge in [-0.25, -0.2) is 0 Å². The van der Waals surface area contributed by atoms with Gasteiger partial charge in [0, 0.05) is 29.4 Å². The van der Waals surface area contributed by atoms with E-state index in [2.05, 4.69) is 23.7 Å². The summed E-state index contributed by atoms with van der Waals surface area (Å²) in [6, 6.07) is 13.5. The first-order valence-electron chi connectivity index (χ1n) is 9.07. The Bertz CT molecular complexity index is 917. The molecular weight excluding hydrogens is 376 g/mol. The summed E-state index contributed by atoms with van der Waals surface area (Å²) in [5, 5.41) is 0.909. The van der Waals surface area contributed by atoms with Gasteiger partial charge in [0.15, 0.2) is 11.5 Å². The summed E-state index contributed by atoms with van der Waals surface area (Å²) in [5.74, 6) is 1.83. The van der Waals surface area contributed by atoms with Crippen LogP contribution in [0, 0.1) is 0 Å². The van der Waals surface area contributed by atoms with E-state index in [4.69, 9.17) is 18.7 Å². The minimum absolute atomic E-state index is 0.548. The van der Waals surface area contributed by atoms with E-state index in [9.17, 15) is 0 Å². The van der Waals surface area contributed by atoms with Crippen molar-refractivity contribution in [2.75, 3.05) is 32.2 Å². The highest BCUT2D eigenvalue weighted by molar-refractivity contribution is 7.94. The lowest BCUT2D eigenvalue weighted by atomic mass is 10.1. The number of fused-ring (bicyclic) bond motifs is 1. The summed E-state index contributed by atoms with van der Waals surface area (Å²) in [6.45, 7) is 5.82. The minimum Gasteiger partial charge on any atom is -0.493 e. The smallest absolute Gasteiger partial charge is 0.208 e. The molecule has 0 unspecified atom stereocenters. The molecule has 0 aliphatic heterocycles. The van der Waals surface area contributed by atoms with Gasteiger partial charge in [-0.3, -0.25) is 4.98 Å². The van der Waals surface area contributed by atoms with Crippen molar-refractivity contribution in [2.24, 2.45) is 0 Å². The van der Waals surface area contributed by atoms with E-state index >= 15 is 0 Å². The zero-order valence-electron chi connectivity index (χ0n) is 16.5. The monoisotopic (exact) mass is 400 g/mol. The molecule has 0 aliphatic carbocycles. The molecule has 0 aliphatic rings. The van der Waals surface area contributed by atoms with Gasteiger partial charge in [0.2, 0.25) is 5.75 Å². The standard InChI is InChI=1S/C21H24N2O4S/c1-5-23(6-2)21-16-12-18(24-3)19(25-4)13-17(16)22-14-20(21)26-27-28-15-10-8-7-9-11-15/h7-14H,5-6H2,1-4H3. The van der Waals surface area contributed by atoms with E-state index in [1.165, 1.54) is 0 Å². The van der Waals surface area contributed by atoms with Gasteiger partial charge in [-0.2, -0.15) is 0 Å². The number of methoxy groups -OCH3 is 2. The van der Waals surface area contributed by atoms with Crippen molar-refractivity contribution in [3.63, 3.8) is 0 Å². The lowest BCUT2D eigenvalue weighted by Gasteiger charge is -2.25. The first kappa shape index (κ1) is 20.1. The van der Waals surface area contributed by atoms with E-state index in [0.717, 1.165) is 46.6 Å². The van der Waals surface area contributed by atoms with Crippen molar-refractivity contribution >= 4 is 28.6 Å². The van der Waals surface area contributed by atoms with Crippen LogP contribution in [0.4, 0.5) is 5.69 Å². The Morgan fingerprint density at radius 1 is 0.929 bits per heavy atom. The molecule has 0 fully saturated rings. The van der Waals surface area contributed by atoms with Crippen LogP contribution in [0.5, 0.6) is 17.2 Å². The van der Waals surface area contributed by atoms with E-state index < -0.39 is 0 Å². The van der Waals surface area contributed by atoms with Crippen LogP contribution in [0.3, 0.4) is 0 Å². The Labute approximate surface area is 169 Å². The Morgan fingerprint density at radius 2 is 1.61 bits per heavy atom. The van der Waals surface area contributed by atoms with Crippen LogP contribution in [0.15, 0.2) is 53.6 Å². The molecule has 0 N–H and O–H groups in total. The largest absolute Gasteiger partial charge is 0.493 e. The van der Waals surface area contributed by atoms with Gasteiger partial charge < -0.3 is 19.3 Å². The van der Waals surface area contributed by atoms with Crippen LogP contribution in [0.25, 0.3) is 10.9 Å². The summed E-state index contributed by atoms with van der Waals surface area (Å²) < 4.78 is 16.3. The van der Waals surface area contributed by atoms with Gasteiger partial charge >= 0.3 is 0 Å². The molecule has 0 spiro atoms. The molecule has 3 rings (SSSR count). The Balaban J connectivity index is 1.99. The zero-order valence-corrected chi connectivity index (χ0v) is 17.3. The second-order valence-corrected chi connectivity index (χ2v) is 6.69. The van der Waals surface area contributed by atoms with Crippen molar-refractivity contribution < 1.29 is 18.7 Å². The summed E-state index contributed by atoms with van der Waals surface area (Å²) in [7, 11) is 3.23. The van der Waals surface area contributed by atoms with Crippen LogP contribution in [-0.4, -0.2) is 32.3 Å². The molecular formula is C21H24N2O4S. The van der Waals surface area contributed by atoms with Gasteiger partial charge in [0.05, 0.1) is 43.7 Å². The second-order valence-electron chi connectivity index (χ2n) is 5.92. The number of hydrogen-bond donors (Lipinski definition) is 0. The van der Waals surface area contributed by atoms with Gasteiger partial charge in [0.25, 0.3) is 0 Å². The molecule has 148 valence electrons. The minimum atomic E-state index is 0.548.